The minimum atomic E-state index is -0.543. The number of anilines is 1. The Balaban J connectivity index is 1.31. The third-order valence-corrected chi connectivity index (χ3v) is 8.27. The van der Waals surface area contributed by atoms with Crippen LogP contribution in [0.3, 0.4) is 0 Å². The number of aromatic amines is 1. The number of hydrogen-bond donors (Lipinski definition) is 2. The molecule has 0 radical (unpaired) electrons. The number of nitrogens with zero attached hydrogens (tertiary/aromatic N) is 6. The lowest BCUT2D eigenvalue weighted by Gasteiger charge is -2.26. The fourth-order valence-electron chi connectivity index (χ4n) is 5.73. The molecule has 0 aliphatic heterocycles. The van der Waals surface area contributed by atoms with E-state index in [1.165, 1.54) is 56.3 Å². The number of pyridine rings is 1. The number of carbonyl (C=O) groups excluding carboxylic acids is 1. The predicted octanol–water partition coefficient (Wildman–Crippen LogP) is 6.54. The largest absolute Gasteiger partial charge is 0.453 e. The van der Waals surface area contributed by atoms with Crippen LogP contribution in [0.2, 0.25) is 5.02 Å². The molecule has 1 fully saturated rings. The van der Waals surface area contributed by atoms with Crippen LogP contribution in [0.4, 0.5) is 14.9 Å². The minimum absolute atomic E-state index is 0.0178. The van der Waals surface area contributed by atoms with Crippen molar-refractivity contribution in [3.8, 4) is 27.9 Å². The van der Waals surface area contributed by atoms with E-state index in [1.807, 2.05) is 53.5 Å². The first-order valence-electron chi connectivity index (χ1n) is 14.2. The van der Waals surface area contributed by atoms with Crippen molar-refractivity contribution >= 4 is 23.4 Å². The van der Waals surface area contributed by atoms with Crippen molar-refractivity contribution in [3.05, 3.63) is 90.0 Å². The monoisotopic (exact) mass is 601 g/mol. The van der Waals surface area contributed by atoms with Gasteiger partial charge in [0.25, 0.3) is 6.33 Å². The molecule has 5 aromatic rings. The van der Waals surface area contributed by atoms with Gasteiger partial charge in [-0.25, -0.2) is 9.18 Å². The van der Waals surface area contributed by atoms with Gasteiger partial charge >= 0.3 is 6.09 Å². The third-order valence-electron chi connectivity index (χ3n) is 7.98. The van der Waals surface area contributed by atoms with Crippen LogP contribution in [0.5, 0.6) is 0 Å². The summed E-state index contributed by atoms with van der Waals surface area (Å²) in [5.74, 6) is 0.0249. The van der Waals surface area contributed by atoms with E-state index in [9.17, 15) is 4.79 Å². The standard InChI is InChI=1S/C31H30ClFN8O2/c1-43-31(42)37-24-10-7-21(8-11-24)23-17-36-40(18-23)28(15-20-5-3-2-4-6-20)26-13-9-22(16-34-26)29-27(41-19-35-38-39-41)14-12-25(32)30(29)33/h7-14,16-20,28H,2-6,15H2,1H3,(H,37,42)/p+1. The number of amides is 1. The number of aromatic nitrogens is 7. The Kier molecular flexibility index (Phi) is 8.41. The molecule has 0 saturated heterocycles. The van der Waals surface area contributed by atoms with Gasteiger partial charge in [0.15, 0.2) is 11.0 Å². The lowest BCUT2D eigenvalue weighted by molar-refractivity contribution is -0.659. The van der Waals surface area contributed by atoms with E-state index in [2.05, 4.69) is 25.6 Å². The Morgan fingerprint density at radius 3 is 2.58 bits per heavy atom. The molecule has 1 aliphatic carbocycles. The lowest BCUT2D eigenvalue weighted by Crippen LogP contribution is -2.33. The molecule has 6 rings (SSSR count). The Labute approximate surface area is 252 Å². The molecular weight excluding hydrogens is 571 g/mol. The van der Waals surface area contributed by atoms with Gasteiger partial charge < -0.3 is 4.74 Å². The molecule has 1 atom stereocenters. The Morgan fingerprint density at radius 2 is 1.88 bits per heavy atom. The summed E-state index contributed by atoms with van der Waals surface area (Å²) < 4.78 is 23.5. The highest BCUT2D eigenvalue weighted by atomic mass is 35.5. The molecule has 1 saturated carbocycles. The second-order valence-corrected chi connectivity index (χ2v) is 11.1. The molecule has 1 unspecified atom stereocenters. The van der Waals surface area contributed by atoms with Crippen molar-refractivity contribution in [1.29, 1.82) is 0 Å². The quantitative estimate of drug-likeness (QED) is 0.195. The highest BCUT2D eigenvalue weighted by molar-refractivity contribution is 6.31. The van der Waals surface area contributed by atoms with Crippen molar-refractivity contribution < 1.29 is 18.6 Å². The Morgan fingerprint density at radius 1 is 1.09 bits per heavy atom. The molecule has 1 aliphatic rings. The van der Waals surface area contributed by atoms with Crippen LogP contribution in [0.1, 0.15) is 50.3 Å². The number of halogens is 2. The number of tetrazole rings is 1. The van der Waals surface area contributed by atoms with Gasteiger partial charge in [-0.15, -0.1) is 4.68 Å². The number of ether oxygens (including phenoxy) is 1. The van der Waals surface area contributed by atoms with E-state index >= 15 is 4.39 Å². The summed E-state index contributed by atoms with van der Waals surface area (Å²) in [5, 5.41) is 17.7. The van der Waals surface area contributed by atoms with Crippen molar-refractivity contribution in [3.63, 3.8) is 0 Å². The number of H-pyrrole nitrogens is 1. The van der Waals surface area contributed by atoms with Crippen LogP contribution >= 0.6 is 11.6 Å². The van der Waals surface area contributed by atoms with E-state index in [1.54, 1.807) is 12.3 Å². The van der Waals surface area contributed by atoms with Crippen LogP contribution in [0.15, 0.2) is 73.4 Å². The van der Waals surface area contributed by atoms with Crippen LogP contribution in [0, 0.1) is 11.7 Å². The molecule has 220 valence electrons. The van der Waals surface area contributed by atoms with Crippen molar-refractivity contribution in [1.82, 2.24) is 30.3 Å². The molecule has 3 heterocycles. The number of nitrogens with one attached hydrogen (secondary N) is 2. The second-order valence-electron chi connectivity index (χ2n) is 10.7. The van der Waals surface area contributed by atoms with Crippen LogP contribution in [-0.2, 0) is 4.74 Å². The van der Waals surface area contributed by atoms with Crippen LogP contribution in [-0.4, -0.2) is 43.5 Å². The van der Waals surface area contributed by atoms with Gasteiger partial charge in [0.2, 0.25) is 0 Å². The summed E-state index contributed by atoms with van der Waals surface area (Å²) in [4.78, 5) is 16.4. The smallest absolute Gasteiger partial charge is 0.411 e. The predicted molar refractivity (Wildman–Crippen MR) is 159 cm³/mol. The first kappa shape index (κ1) is 28.5. The zero-order valence-corrected chi connectivity index (χ0v) is 24.3. The van der Waals surface area contributed by atoms with Gasteiger partial charge in [0.1, 0.15) is 10.8 Å². The fraction of sp³-hybridized carbons (Fsp3) is 0.290. The van der Waals surface area contributed by atoms with Crippen LogP contribution in [0.25, 0.3) is 27.9 Å². The van der Waals surface area contributed by atoms with E-state index in [-0.39, 0.29) is 11.1 Å². The average molecular weight is 602 g/mol. The highest BCUT2D eigenvalue weighted by Crippen LogP contribution is 2.36. The number of rotatable bonds is 8. The first-order valence-corrected chi connectivity index (χ1v) is 14.6. The SMILES string of the molecule is COC(=O)Nc1ccc(-c2cnn(C(CC3CCCCC3)c3ccc(-c4c(-[n+]5cnn[nH]5)ccc(Cl)c4F)cn3)c2)cc1. The van der Waals surface area contributed by atoms with Gasteiger partial charge in [0, 0.05) is 29.2 Å². The molecule has 2 aromatic carbocycles. The molecule has 0 spiro atoms. The molecule has 3 aromatic heterocycles. The number of benzene rings is 2. The summed E-state index contributed by atoms with van der Waals surface area (Å²) in [7, 11) is 1.33. The summed E-state index contributed by atoms with van der Waals surface area (Å²) in [6, 6.07) is 14.4. The topological polar surface area (TPSA) is 114 Å². The Bertz CT molecular complexity index is 1680. The van der Waals surface area contributed by atoms with Gasteiger partial charge in [-0.2, -0.15) is 5.10 Å². The molecule has 12 heteroatoms. The van der Waals surface area contributed by atoms with Crippen molar-refractivity contribution in [2.45, 2.75) is 44.6 Å². The molecular formula is C31H31ClFN8O2+. The van der Waals surface area contributed by atoms with Crippen molar-refractivity contribution in [2.24, 2.45) is 5.92 Å². The summed E-state index contributed by atoms with van der Waals surface area (Å²) in [5.41, 5.74) is 4.81. The average Bonchev–Trinajstić information content (AvgIpc) is 3.76. The summed E-state index contributed by atoms with van der Waals surface area (Å²) in [6.45, 7) is 0. The zero-order chi connectivity index (χ0) is 29.8. The van der Waals surface area contributed by atoms with Gasteiger partial charge in [-0.3, -0.25) is 15.0 Å². The summed E-state index contributed by atoms with van der Waals surface area (Å²) in [6.07, 6.45) is 13.5. The van der Waals surface area contributed by atoms with Crippen LogP contribution < -0.4 is 10.00 Å². The maximum Gasteiger partial charge on any atom is 0.411 e. The minimum Gasteiger partial charge on any atom is -0.453 e. The van der Waals surface area contributed by atoms with E-state index in [0.29, 0.717) is 28.4 Å². The molecule has 43 heavy (non-hydrogen) atoms. The normalized spacial score (nSPS) is 14.4. The molecule has 0 bridgehead atoms. The number of carbonyl (C=O) groups is 1. The maximum atomic E-state index is 15.4. The fourth-order valence-corrected chi connectivity index (χ4v) is 5.89. The lowest BCUT2D eigenvalue weighted by atomic mass is 9.84. The number of hydrogen-bond acceptors (Lipinski definition) is 6. The van der Waals surface area contributed by atoms with Gasteiger partial charge in [-0.05, 0) is 48.2 Å². The van der Waals surface area contributed by atoms with E-state index in [4.69, 9.17) is 21.7 Å². The third kappa shape index (κ3) is 6.26. The Hall–Kier alpha value is -4.64. The van der Waals surface area contributed by atoms with Gasteiger partial charge in [-0.1, -0.05) is 67.1 Å². The maximum absolute atomic E-state index is 15.4. The number of methoxy groups -OCH3 is 1. The molecule has 1 amide bonds. The summed E-state index contributed by atoms with van der Waals surface area (Å²) >= 11 is 6.18. The first-order chi connectivity index (χ1) is 21.0. The zero-order valence-electron chi connectivity index (χ0n) is 23.6. The van der Waals surface area contributed by atoms with Gasteiger partial charge in [0.05, 0.1) is 35.6 Å². The van der Waals surface area contributed by atoms with E-state index in [0.717, 1.165) is 23.2 Å². The highest BCUT2D eigenvalue weighted by Gasteiger charge is 2.25. The van der Waals surface area contributed by atoms with Crippen molar-refractivity contribution in [2.75, 3.05) is 12.4 Å². The molecule has 10 nitrogen and oxygen atoms in total. The van der Waals surface area contributed by atoms with E-state index < -0.39 is 11.9 Å². The second kappa shape index (κ2) is 12.7. The molecule has 2 N–H and O–H groups in total.